The molecule has 0 bridgehead atoms. The molecule has 2 saturated heterocycles. The number of nitrogens with zero attached hydrogens (tertiary/aromatic N) is 1. The molecule has 0 radical (unpaired) electrons. The van der Waals surface area contributed by atoms with Crippen LogP contribution in [-0.2, 0) is 4.74 Å². The molecule has 5 unspecified atom stereocenters. The Bertz CT molecular complexity index is 496. The van der Waals surface area contributed by atoms with E-state index in [-0.39, 0.29) is 18.4 Å². The van der Waals surface area contributed by atoms with Crippen molar-refractivity contribution < 1.29 is 14.9 Å². The molecule has 2 heterocycles. The Kier molecular flexibility index (Phi) is 2.90. The molecule has 0 aromatic heterocycles. The molecule has 2 fully saturated rings. The lowest BCUT2D eigenvalue weighted by Crippen LogP contribution is -2.42. The van der Waals surface area contributed by atoms with E-state index in [2.05, 4.69) is 0 Å². The lowest BCUT2D eigenvalue weighted by Gasteiger charge is -2.27. The van der Waals surface area contributed by atoms with E-state index >= 15 is 0 Å². The normalized spacial score (nSPS) is 37.7. The molecule has 1 aromatic rings. The van der Waals surface area contributed by atoms with E-state index in [1.807, 2.05) is 30.0 Å². The molecule has 104 valence electrons. The van der Waals surface area contributed by atoms with Crippen LogP contribution >= 0.6 is 0 Å². The van der Waals surface area contributed by atoms with Crippen molar-refractivity contribution >= 4 is 11.4 Å². The van der Waals surface area contributed by atoms with Crippen molar-refractivity contribution in [2.24, 2.45) is 5.73 Å². The maximum Gasteiger partial charge on any atom is 0.135 e. The third-order valence-electron chi connectivity index (χ3n) is 3.97. The maximum atomic E-state index is 10.1. The first-order valence-electron chi connectivity index (χ1n) is 6.39. The molecule has 6 heteroatoms. The highest BCUT2D eigenvalue weighted by Crippen LogP contribution is 2.36. The molecule has 0 spiro atoms. The predicted molar refractivity (Wildman–Crippen MR) is 71.6 cm³/mol. The maximum absolute atomic E-state index is 10.1. The third-order valence-corrected chi connectivity index (χ3v) is 3.97. The number of aliphatic hydroxyl groups excluding tert-OH is 2. The van der Waals surface area contributed by atoms with E-state index in [1.54, 1.807) is 0 Å². The van der Waals surface area contributed by atoms with E-state index in [1.165, 1.54) is 0 Å². The Balaban J connectivity index is 1.91. The number of ether oxygens (including phenoxy) is 1. The van der Waals surface area contributed by atoms with Crippen LogP contribution in [0.3, 0.4) is 0 Å². The van der Waals surface area contributed by atoms with E-state index in [0.29, 0.717) is 6.54 Å². The van der Waals surface area contributed by atoms with Gasteiger partial charge < -0.3 is 31.3 Å². The molecule has 5 atom stereocenters. The van der Waals surface area contributed by atoms with Crippen molar-refractivity contribution in [3.8, 4) is 0 Å². The van der Waals surface area contributed by atoms with Crippen LogP contribution in [-0.4, -0.2) is 47.3 Å². The summed E-state index contributed by atoms with van der Waals surface area (Å²) >= 11 is 0. The number of rotatable bonds is 2. The number of nitrogen functional groups attached to an aromatic ring is 1. The van der Waals surface area contributed by atoms with Crippen molar-refractivity contribution in [1.82, 2.24) is 0 Å². The fraction of sp³-hybridized carbons (Fsp3) is 0.538. The highest BCUT2D eigenvalue weighted by Gasteiger charge is 2.53. The van der Waals surface area contributed by atoms with Gasteiger partial charge in [0.05, 0.1) is 12.1 Å². The van der Waals surface area contributed by atoms with Crippen LogP contribution in [0.4, 0.5) is 11.4 Å². The van der Waals surface area contributed by atoms with Crippen molar-refractivity contribution in [3.05, 3.63) is 23.8 Å². The molecule has 2 aliphatic heterocycles. The molecule has 0 amide bonds. The lowest BCUT2D eigenvalue weighted by atomic mass is 10.1. The zero-order valence-electron chi connectivity index (χ0n) is 10.7. The van der Waals surface area contributed by atoms with Gasteiger partial charge in [0.2, 0.25) is 0 Å². The summed E-state index contributed by atoms with van der Waals surface area (Å²) < 4.78 is 5.27. The topological polar surface area (TPSA) is 108 Å². The lowest BCUT2D eigenvalue weighted by molar-refractivity contribution is 0.0363. The summed E-state index contributed by atoms with van der Waals surface area (Å²) in [4.78, 5) is 1.94. The van der Waals surface area contributed by atoms with Gasteiger partial charge in [0, 0.05) is 17.9 Å². The number of aryl methyl sites for hydroxylation is 1. The third kappa shape index (κ3) is 2.06. The Morgan fingerprint density at radius 2 is 2.05 bits per heavy atom. The number of benzene rings is 1. The zero-order chi connectivity index (χ0) is 13.7. The quantitative estimate of drug-likeness (QED) is 0.411. The second-order valence-electron chi connectivity index (χ2n) is 5.31. The summed E-state index contributed by atoms with van der Waals surface area (Å²) in [6.07, 6.45) is -2.23. The van der Waals surface area contributed by atoms with Crippen LogP contribution in [0.2, 0.25) is 0 Å². The van der Waals surface area contributed by atoms with Crippen LogP contribution in [0, 0.1) is 6.92 Å². The Hall–Kier alpha value is -1.34. The number of nitrogens with two attached hydrogens (primary N) is 2. The van der Waals surface area contributed by atoms with Crippen molar-refractivity contribution in [2.45, 2.75) is 37.5 Å². The van der Waals surface area contributed by atoms with Gasteiger partial charge in [0.25, 0.3) is 0 Å². The molecular formula is C13H19N3O3. The molecule has 0 aliphatic carbocycles. The second-order valence-corrected chi connectivity index (χ2v) is 5.31. The summed E-state index contributed by atoms with van der Waals surface area (Å²) in [5.74, 6) is 0. The molecule has 1 aromatic carbocycles. The van der Waals surface area contributed by atoms with E-state index in [9.17, 15) is 10.2 Å². The monoisotopic (exact) mass is 265 g/mol. The number of hydrogen-bond acceptors (Lipinski definition) is 6. The van der Waals surface area contributed by atoms with Crippen LogP contribution < -0.4 is 16.4 Å². The highest BCUT2D eigenvalue weighted by atomic mass is 16.6. The number of anilines is 2. The second kappa shape index (κ2) is 4.35. The van der Waals surface area contributed by atoms with Crippen molar-refractivity contribution in [1.29, 1.82) is 0 Å². The first-order chi connectivity index (χ1) is 8.99. The Morgan fingerprint density at radius 3 is 2.63 bits per heavy atom. The van der Waals surface area contributed by atoms with Crippen LogP contribution in [0.1, 0.15) is 5.56 Å². The van der Waals surface area contributed by atoms with E-state index in [0.717, 1.165) is 16.9 Å². The smallest absolute Gasteiger partial charge is 0.135 e. The fourth-order valence-corrected chi connectivity index (χ4v) is 2.74. The predicted octanol–water partition coefficient (Wildman–Crippen LogP) is -0.829. The number of aliphatic hydroxyl groups is 2. The minimum Gasteiger partial charge on any atom is -0.399 e. The highest BCUT2D eigenvalue weighted by molar-refractivity contribution is 5.59. The molecule has 6 N–H and O–H groups in total. The summed E-state index contributed by atoms with van der Waals surface area (Å²) in [6.45, 7) is 2.29. The minimum absolute atomic E-state index is 0.231. The van der Waals surface area contributed by atoms with Gasteiger partial charge in [-0.15, -0.1) is 0 Å². The average Bonchev–Trinajstić information content (AvgIpc) is 3.00. The van der Waals surface area contributed by atoms with E-state index in [4.69, 9.17) is 16.2 Å². The summed E-state index contributed by atoms with van der Waals surface area (Å²) in [5, 5.41) is 20.0. The fourth-order valence-electron chi connectivity index (χ4n) is 2.74. The van der Waals surface area contributed by atoms with Gasteiger partial charge in [-0.05, 0) is 30.7 Å². The largest absolute Gasteiger partial charge is 0.399 e. The molecule has 3 rings (SSSR count). The van der Waals surface area contributed by atoms with Gasteiger partial charge in [0.15, 0.2) is 0 Å². The number of β-amino-alcohol motifs (C(OH)–C–C–N with tert-alkyl or cyclic N) is 1. The van der Waals surface area contributed by atoms with Gasteiger partial charge in [0.1, 0.15) is 18.4 Å². The van der Waals surface area contributed by atoms with Crippen molar-refractivity contribution in [3.63, 3.8) is 0 Å². The van der Waals surface area contributed by atoms with Gasteiger partial charge in [-0.25, -0.2) is 0 Å². The molecular weight excluding hydrogens is 246 g/mol. The summed E-state index contributed by atoms with van der Waals surface area (Å²) in [6, 6.07) is 5.34. The van der Waals surface area contributed by atoms with Gasteiger partial charge in [-0.1, -0.05) is 0 Å². The van der Waals surface area contributed by atoms with Crippen LogP contribution in [0.5, 0.6) is 0 Å². The SMILES string of the molecule is Cc1cc(N2CC(O)C(O)C2C2OC2N)ccc1N. The Morgan fingerprint density at radius 1 is 1.37 bits per heavy atom. The first-order valence-corrected chi connectivity index (χ1v) is 6.39. The number of hydrogen-bond donors (Lipinski definition) is 4. The zero-order valence-corrected chi connectivity index (χ0v) is 10.7. The molecule has 19 heavy (non-hydrogen) atoms. The summed E-state index contributed by atoms with van der Waals surface area (Å²) in [5.41, 5.74) is 14.1. The van der Waals surface area contributed by atoms with Gasteiger partial charge >= 0.3 is 0 Å². The molecule has 0 saturated carbocycles. The van der Waals surface area contributed by atoms with Crippen LogP contribution in [0.25, 0.3) is 0 Å². The molecule has 2 aliphatic rings. The minimum atomic E-state index is -0.851. The molecule has 6 nitrogen and oxygen atoms in total. The van der Waals surface area contributed by atoms with Gasteiger partial charge in [-0.2, -0.15) is 0 Å². The summed E-state index contributed by atoms with van der Waals surface area (Å²) in [7, 11) is 0. The first kappa shape index (κ1) is 12.7. The number of epoxide rings is 1. The van der Waals surface area contributed by atoms with Gasteiger partial charge in [-0.3, -0.25) is 0 Å². The van der Waals surface area contributed by atoms with E-state index < -0.39 is 12.2 Å². The standard InChI is InChI=1S/C13H19N3O3/c1-6-4-7(2-3-8(6)14)16-5-9(17)11(18)10(16)12-13(15)19-12/h2-4,9-13,17-18H,5,14-15H2,1H3. The van der Waals surface area contributed by atoms with Crippen molar-refractivity contribution in [2.75, 3.05) is 17.2 Å². The Labute approximate surface area is 111 Å². The van der Waals surface area contributed by atoms with Crippen LogP contribution in [0.15, 0.2) is 18.2 Å². The average molecular weight is 265 g/mol.